The van der Waals surface area contributed by atoms with Crippen LogP contribution in [0.2, 0.25) is 0 Å². The summed E-state index contributed by atoms with van der Waals surface area (Å²) >= 11 is 0. The largest absolute Gasteiger partial charge is 0.481 e. The Morgan fingerprint density at radius 1 is 1.16 bits per heavy atom. The fraction of sp³-hybridized carbons (Fsp3) is 0.435. The maximum absolute atomic E-state index is 14.5. The van der Waals surface area contributed by atoms with Crippen molar-refractivity contribution in [1.29, 1.82) is 0 Å². The average molecular weight is 421 g/mol. The van der Waals surface area contributed by atoms with E-state index in [4.69, 9.17) is 4.74 Å². The monoisotopic (exact) mass is 421 g/mol. The third-order valence-corrected chi connectivity index (χ3v) is 6.84. The summed E-state index contributed by atoms with van der Waals surface area (Å²) in [6, 6.07) is 6.09. The first-order chi connectivity index (χ1) is 15.1. The fourth-order valence-electron chi connectivity index (χ4n) is 5.17. The van der Waals surface area contributed by atoms with Crippen LogP contribution in [-0.2, 0) is 4.79 Å². The zero-order valence-electron chi connectivity index (χ0n) is 17.3. The lowest BCUT2D eigenvalue weighted by molar-refractivity contribution is -0.135. The molecule has 5 heterocycles. The predicted molar refractivity (Wildman–Crippen MR) is 114 cm³/mol. The molecule has 8 heteroatoms. The number of pyridine rings is 2. The molecule has 0 spiro atoms. The molecule has 1 saturated carbocycles. The molecule has 3 aliphatic rings. The van der Waals surface area contributed by atoms with E-state index in [2.05, 4.69) is 24.8 Å². The molecule has 31 heavy (non-hydrogen) atoms. The molecule has 7 nitrogen and oxygen atoms in total. The number of ether oxygens (including phenoxy) is 1. The summed E-state index contributed by atoms with van der Waals surface area (Å²) in [5.74, 6) is 0.565. The highest BCUT2D eigenvalue weighted by Gasteiger charge is 2.46. The number of methoxy groups -OCH3 is 1. The van der Waals surface area contributed by atoms with E-state index in [-0.39, 0.29) is 18.0 Å². The fourth-order valence-corrected chi connectivity index (χ4v) is 5.17. The summed E-state index contributed by atoms with van der Waals surface area (Å²) < 4.78 is 19.6. The Morgan fingerprint density at radius 2 is 1.94 bits per heavy atom. The van der Waals surface area contributed by atoms with Gasteiger partial charge in [-0.25, -0.2) is 14.4 Å². The van der Waals surface area contributed by atoms with Crippen LogP contribution in [0.3, 0.4) is 0 Å². The first kappa shape index (κ1) is 18.6. The number of aromatic nitrogens is 3. The Hall–Kier alpha value is -3.16. The second-order valence-corrected chi connectivity index (χ2v) is 8.79. The Bertz CT molecular complexity index is 1160. The lowest BCUT2D eigenvalue weighted by Gasteiger charge is -2.42. The summed E-state index contributed by atoms with van der Waals surface area (Å²) in [5.41, 5.74) is 2.82. The van der Waals surface area contributed by atoms with Crippen molar-refractivity contribution in [3.05, 3.63) is 36.4 Å². The Morgan fingerprint density at radius 3 is 2.65 bits per heavy atom. The number of carbonyl (C=O) groups excluding carboxylic acids is 1. The lowest BCUT2D eigenvalue weighted by Crippen LogP contribution is -2.56. The molecule has 1 amide bonds. The number of piperazine rings is 1. The molecule has 2 unspecified atom stereocenters. The molecule has 3 aromatic heterocycles. The highest BCUT2D eigenvalue weighted by Crippen LogP contribution is 2.40. The van der Waals surface area contributed by atoms with Gasteiger partial charge in [-0.05, 0) is 37.8 Å². The minimum absolute atomic E-state index is 0.266. The highest BCUT2D eigenvalue weighted by molar-refractivity contribution is 5.94. The zero-order valence-corrected chi connectivity index (χ0v) is 17.3. The molecular weight excluding hydrogens is 397 g/mol. The molecule has 2 bridgehead atoms. The van der Waals surface area contributed by atoms with Gasteiger partial charge in [0, 0.05) is 60.0 Å². The van der Waals surface area contributed by atoms with Crippen LogP contribution in [0.4, 0.5) is 10.1 Å². The van der Waals surface area contributed by atoms with E-state index in [1.54, 1.807) is 12.3 Å². The Balaban J connectivity index is 1.34. The van der Waals surface area contributed by atoms with E-state index >= 15 is 0 Å². The number of hydrogen-bond acceptors (Lipinski definition) is 5. The molecule has 2 saturated heterocycles. The van der Waals surface area contributed by atoms with E-state index in [0.29, 0.717) is 28.7 Å². The van der Waals surface area contributed by atoms with Crippen LogP contribution in [-0.4, -0.2) is 58.0 Å². The topological polar surface area (TPSA) is 74.3 Å². The van der Waals surface area contributed by atoms with Crippen molar-refractivity contribution in [2.45, 2.75) is 37.8 Å². The number of aromatic amines is 1. The average Bonchev–Trinajstić information content (AvgIpc) is 3.49. The molecule has 1 N–H and O–H groups in total. The minimum atomic E-state index is -0.417. The first-order valence-corrected chi connectivity index (χ1v) is 10.9. The van der Waals surface area contributed by atoms with Crippen molar-refractivity contribution < 1.29 is 13.9 Å². The number of halogens is 1. The van der Waals surface area contributed by atoms with Crippen LogP contribution < -0.4 is 9.64 Å². The molecule has 2 aliphatic heterocycles. The van der Waals surface area contributed by atoms with Crippen molar-refractivity contribution in [3.8, 4) is 17.1 Å². The van der Waals surface area contributed by atoms with Crippen molar-refractivity contribution >= 4 is 22.6 Å². The number of anilines is 1. The van der Waals surface area contributed by atoms with Gasteiger partial charge < -0.3 is 19.5 Å². The lowest BCUT2D eigenvalue weighted by atomic mass is 10.1. The van der Waals surface area contributed by atoms with Gasteiger partial charge in [-0.1, -0.05) is 0 Å². The van der Waals surface area contributed by atoms with Gasteiger partial charge in [0.25, 0.3) is 0 Å². The number of nitrogens with one attached hydrogen (secondary N) is 1. The predicted octanol–water partition coefficient (Wildman–Crippen LogP) is 3.36. The van der Waals surface area contributed by atoms with E-state index in [0.717, 1.165) is 49.8 Å². The van der Waals surface area contributed by atoms with Crippen LogP contribution in [0.15, 0.2) is 30.6 Å². The summed E-state index contributed by atoms with van der Waals surface area (Å²) in [5, 5.41) is 0.953. The van der Waals surface area contributed by atoms with Gasteiger partial charge in [-0.2, -0.15) is 0 Å². The van der Waals surface area contributed by atoms with Crippen molar-refractivity contribution in [2.75, 3.05) is 25.1 Å². The maximum Gasteiger partial charge on any atom is 0.226 e. The number of carbonyl (C=O) groups is 1. The summed E-state index contributed by atoms with van der Waals surface area (Å²) in [6.07, 6.45) is 7.17. The summed E-state index contributed by atoms with van der Waals surface area (Å²) in [7, 11) is 1.51. The van der Waals surface area contributed by atoms with E-state index in [1.807, 2.05) is 12.1 Å². The number of nitrogens with zero attached hydrogens (tertiary/aromatic N) is 4. The van der Waals surface area contributed by atoms with Crippen LogP contribution >= 0.6 is 0 Å². The van der Waals surface area contributed by atoms with Gasteiger partial charge in [0.1, 0.15) is 5.65 Å². The van der Waals surface area contributed by atoms with Crippen LogP contribution in [0, 0.1) is 11.7 Å². The normalized spacial score (nSPS) is 22.9. The maximum atomic E-state index is 14.5. The quantitative estimate of drug-likeness (QED) is 0.699. The van der Waals surface area contributed by atoms with Crippen LogP contribution in [0.5, 0.6) is 5.88 Å². The second-order valence-electron chi connectivity index (χ2n) is 8.79. The van der Waals surface area contributed by atoms with Crippen LogP contribution in [0.1, 0.15) is 25.7 Å². The van der Waals surface area contributed by atoms with E-state index in [9.17, 15) is 9.18 Å². The van der Waals surface area contributed by atoms with Crippen molar-refractivity contribution in [3.63, 3.8) is 0 Å². The Labute approximate surface area is 179 Å². The number of amides is 1. The smallest absolute Gasteiger partial charge is 0.226 e. The van der Waals surface area contributed by atoms with Gasteiger partial charge in [0.2, 0.25) is 11.8 Å². The van der Waals surface area contributed by atoms with Crippen molar-refractivity contribution in [1.82, 2.24) is 19.9 Å². The molecular formula is C23H24FN5O2. The molecule has 0 aromatic carbocycles. The summed E-state index contributed by atoms with van der Waals surface area (Å²) in [4.78, 5) is 28.9. The van der Waals surface area contributed by atoms with Gasteiger partial charge in [-0.3, -0.25) is 4.79 Å². The summed E-state index contributed by atoms with van der Waals surface area (Å²) in [6.45, 7) is 1.65. The molecule has 0 radical (unpaired) electrons. The number of rotatable bonds is 4. The first-order valence-electron chi connectivity index (χ1n) is 10.9. The van der Waals surface area contributed by atoms with Crippen LogP contribution in [0.25, 0.3) is 22.3 Å². The van der Waals surface area contributed by atoms with E-state index < -0.39 is 5.82 Å². The third kappa shape index (κ3) is 3.04. The van der Waals surface area contributed by atoms with E-state index in [1.165, 1.54) is 13.3 Å². The van der Waals surface area contributed by atoms with Crippen molar-refractivity contribution in [2.24, 2.45) is 5.92 Å². The molecule has 2 atom stereocenters. The third-order valence-electron chi connectivity index (χ3n) is 6.84. The van der Waals surface area contributed by atoms with Gasteiger partial charge >= 0.3 is 0 Å². The molecule has 3 aromatic rings. The van der Waals surface area contributed by atoms with Gasteiger partial charge in [0.15, 0.2) is 5.82 Å². The second kappa shape index (κ2) is 6.93. The highest BCUT2D eigenvalue weighted by atomic mass is 19.1. The number of hydrogen-bond donors (Lipinski definition) is 1. The minimum Gasteiger partial charge on any atom is -0.481 e. The molecule has 3 fully saturated rings. The molecule has 160 valence electrons. The SMILES string of the molecule is COc1cc(-c2cc3c(N4CC5CCC(C4)N5C(=O)C4CC4)ccnc3[nH]2)c(F)cn1. The number of fused-ring (bicyclic) bond motifs is 3. The van der Waals surface area contributed by atoms with Gasteiger partial charge in [-0.15, -0.1) is 0 Å². The molecule has 6 rings (SSSR count). The zero-order chi connectivity index (χ0) is 21.1. The number of H-pyrrole nitrogens is 1. The standard InChI is InChI=1S/C23H24FN5O2/c1-31-21-9-16(18(24)10-26-21)19-8-17-20(6-7-25-22(17)27-19)28-11-14-4-5-15(12-28)29(14)23(30)13-2-3-13/h6-10,13-15H,2-5,11-12H2,1H3,(H,25,27). The van der Waals surface area contributed by atoms with Gasteiger partial charge in [0.05, 0.1) is 19.0 Å². The Kier molecular flexibility index (Phi) is 4.16. The molecule has 1 aliphatic carbocycles.